The van der Waals surface area contributed by atoms with E-state index in [2.05, 4.69) is 35.6 Å². The van der Waals surface area contributed by atoms with Crippen LogP contribution in [-0.4, -0.2) is 36.2 Å². The molecule has 0 aliphatic carbocycles. The molecule has 5 nitrogen and oxygen atoms in total. The lowest BCUT2D eigenvalue weighted by Crippen LogP contribution is -2.32. The van der Waals surface area contributed by atoms with Gasteiger partial charge in [0.1, 0.15) is 0 Å². The van der Waals surface area contributed by atoms with Crippen molar-refractivity contribution in [2.45, 2.75) is 39.7 Å². The third-order valence-corrected chi connectivity index (χ3v) is 3.10. The fraction of sp³-hybridized carbons (Fsp3) is 0.714. The molecular formula is C14H26N4O. The van der Waals surface area contributed by atoms with Crippen molar-refractivity contribution in [3.05, 3.63) is 12.4 Å². The fourth-order valence-corrected chi connectivity index (χ4v) is 1.59. The van der Waals surface area contributed by atoms with Crippen LogP contribution in [0, 0.1) is 5.92 Å². The number of aromatic nitrogens is 2. The Morgan fingerprint density at radius 3 is 2.74 bits per heavy atom. The van der Waals surface area contributed by atoms with Crippen molar-refractivity contribution < 1.29 is 4.74 Å². The van der Waals surface area contributed by atoms with E-state index in [9.17, 15) is 0 Å². The number of nitrogens with zero attached hydrogens (tertiary/aromatic N) is 3. The molecule has 0 spiro atoms. The SMILES string of the molecule is CCCOc1cncc(N(C)CCC(N)C(C)C)n1. The van der Waals surface area contributed by atoms with Gasteiger partial charge in [-0.1, -0.05) is 20.8 Å². The van der Waals surface area contributed by atoms with Gasteiger partial charge in [-0.05, 0) is 18.8 Å². The number of hydrogen-bond donors (Lipinski definition) is 1. The zero-order chi connectivity index (χ0) is 14.3. The lowest BCUT2D eigenvalue weighted by molar-refractivity contribution is 0.304. The van der Waals surface area contributed by atoms with Crippen LogP contribution < -0.4 is 15.4 Å². The smallest absolute Gasteiger partial charge is 0.234 e. The van der Waals surface area contributed by atoms with Crippen LogP contribution in [-0.2, 0) is 0 Å². The number of hydrogen-bond acceptors (Lipinski definition) is 5. The number of ether oxygens (including phenoxy) is 1. The van der Waals surface area contributed by atoms with Gasteiger partial charge >= 0.3 is 0 Å². The minimum absolute atomic E-state index is 0.218. The number of rotatable bonds is 8. The third kappa shape index (κ3) is 5.42. The van der Waals surface area contributed by atoms with Crippen LogP contribution >= 0.6 is 0 Å². The molecule has 1 aromatic rings. The molecule has 108 valence electrons. The molecule has 0 aliphatic heterocycles. The largest absolute Gasteiger partial charge is 0.477 e. The van der Waals surface area contributed by atoms with Crippen molar-refractivity contribution in [1.82, 2.24) is 9.97 Å². The maximum atomic E-state index is 6.05. The lowest BCUT2D eigenvalue weighted by Gasteiger charge is -2.22. The summed E-state index contributed by atoms with van der Waals surface area (Å²) in [7, 11) is 2.00. The van der Waals surface area contributed by atoms with Crippen LogP contribution in [0.15, 0.2) is 12.4 Å². The van der Waals surface area contributed by atoms with Crippen LogP contribution in [0.2, 0.25) is 0 Å². The summed E-state index contributed by atoms with van der Waals surface area (Å²) in [5.41, 5.74) is 6.05. The first kappa shape index (κ1) is 15.7. The summed E-state index contributed by atoms with van der Waals surface area (Å²) in [6.07, 6.45) is 5.30. The second-order valence-corrected chi connectivity index (χ2v) is 5.18. The molecule has 1 heterocycles. The highest BCUT2D eigenvalue weighted by Crippen LogP contribution is 2.14. The molecule has 0 amide bonds. The molecule has 1 aromatic heterocycles. The summed E-state index contributed by atoms with van der Waals surface area (Å²) in [6.45, 7) is 7.88. The van der Waals surface area contributed by atoms with Crippen LogP contribution in [0.3, 0.4) is 0 Å². The van der Waals surface area contributed by atoms with Crippen molar-refractivity contribution in [3.8, 4) is 5.88 Å². The Hall–Kier alpha value is -1.36. The molecule has 19 heavy (non-hydrogen) atoms. The van der Waals surface area contributed by atoms with Gasteiger partial charge < -0.3 is 15.4 Å². The Kier molecular flexibility index (Phi) is 6.56. The molecule has 0 aliphatic rings. The van der Waals surface area contributed by atoms with E-state index in [-0.39, 0.29) is 6.04 Å². The minimum atomic E-state index is 0.218. The quantitative estimate of drug-likeness (QED) is 0.780. The standard InChI is InChI=1S/C14H26N4O/c1-5-8-19-14-10-16-9-13(17-14)18(4)7-6-12(15)11(2)3/h9-12H,5-8,15H2,1-4H3. The average Bonchev–Trinajstić information content (AvgIpc) is 2.42. The van der Waals surface area contributed by atoms with E-state index in [0.717, 1.165) is 25.2 Å². The maximum absolute atomic E-state index is 6.05. The van der Waals surface area contributed by atoms with Gasteiger partial charge in [0.05, 0.1) is 19.0 Å². The summed E-state index contributed by atoms with van der Waals surface area (Å²) in [5.74, 6) is 1.91. The van der Waals surface area contributed by atoms with E-state index in [1.165, 1.54) is 0 Å². The van der Waals surface area contributed by atoms with Gasteiger partial charge in [-0.15, -0.1) is 0 Å². The van der Waals surface area contributed by atoms with E-state index in [1.54, 1.807) is 12.4 Å². The monoisotopic (exact) mass is 266 g/mol. The van der Waals surface area contributed by atoms with Crippen LogP contribution in [0.4, 0.5) is 5.82 Å². The Balaban J connectivity index is 2.53. The van der Waals surface area contributed by atoms with E-state index in [1.807, 2.05) is 7.05 Å². The Morgan fingerprint density at radius 1 is 1.37 bits per heavy atom. The van der Waals surface area contributed by atoms with E-state index in [0.29, 0.717) is 18.4 Å². The zero-order valence-corrected chi connectivity index (χ0v) is 12.5. The van der Waals surface area contributed by atoms with Crippen molar-refractivity contribution in [2.24, 2.45) is 11.7 Å². The number of nitrogens with two attached hydrogens (primary N) is 1. The van der Waals surface area contributed by atoms with Crippen molar-refractivity contribution in [3.63, 3.8) is 0 Å². The van der Waals surface area contributed by atoms with E-state index >= 15 is 0 Å². The molecule has 0 radical (unpaired) electrons. The highest BCUT2D eigenvalue weighted by molar-refractivity contribution is 5.36. The van der Waals surface area contributed by atoms with Gasteiger partial charge in [-0.3, -0.25) is 4.98 Å². The van der Waals surface area contributed by atoms with Crippen LogP contribution in [0.1, 0.15) is 33.6 Å². The summed E-state index contributed by atoms with van der Waals surface area (Å²) in [5, 5.41) is 0. The van der Waals surface area contributed by atoms with E-state index in [4.69, 9.17) is 10.5 Å². The molecular weight excluding hydrogens is 240 g/mol. The van der Waals surface area contributed by atoms with Gasteiger partial charge in [0.2, 0.25) is 5.88 Å². The van der Waals surface area contributed by atoms with Gasteiger partial charge in [0.25, 0.3) is 0 Å². The summed E-state index contributed by atoms with van der Waals surface area (Å²) in [4.78, 5) is 10.7. The fourth-order valence-electron chi connectivity index (χ4n) is 1.59. The molecule has 0 saturated carbocycles. The molecule has 5 heteroatoms. The molecule has 0 bridgehead atoms. The first-order valence-corrected chi connectivity index (χ1v) is 6.96. The lowest BCUT2D eigenvalue weighted by atomic mass is 10.0. The predicted molar refractivity (Wildman–Crippen MR) is 78.5 cm³/mol. The minimum Gasteiger partial charge on any atom is -0.477 e. The normalized spacial score (nSPS) is 12.5. The second kappa shape index (κ2) is 7.94. The van der Waals surface area contributed by atoms with Crippen molar-refractivity contribution in [2.75, 3.05) is 25.1 Å². The van der Waals surface area contributed by atoms with Crippen molar-refractivity contribution in [1.29, 1.82) is 0 Å². The van der Waals surface area contributed by atoms with Gasteiger partial charge in [0.15, 0.2) is 5.82 Å². The Bertz CT molecular complexity index is 370. The molecule has 0 fully saturated rings. The maximum Gasteiger partial charge on any atom is 0.234 e. The first-order valence-electron chi connectivity index (χ1n) is 6.96. The van der Waals surface area contributed by atoms with Crippen molar-refractivity contribution >= 4 is 5.82 Å². The highest BCUT2D eigenvalue weighted by Gasteiger charge is 2.10. The molecule has 1 rings (SSSR count). The Morgan fingerprint density at radius 2 is 2.11 bits per heavy atom. The molecule has 0 aromatic carbocycles. The Labute approximate surface area is 116 Å². The van der Waals surface area contributed by atoms with Gasteiger partial charge in [-0.2, -0.15) is 4.98 Å². The zero-order valence-electron chi connectivity index (χ0n) is 12.5. The third-order valence-electron chi connectivity index (χ3n) is 3.10. The highest BCUT2D eigenvalue weighted by atomic mass is 16.5. The van der Waals surface area contributed by atoms with Gasteiger partial charge in [-0.25, -0.2) is 0 Å². The molecule has 1 atom stereocenters. The summed E-state index contributed by atoms with van der Waals surface area (Å²) < 4.78 is 5.48. The molecule has 0 saturated heterocycles. The van der Waals surface area contributed by atoms with Crippen LogP contribution in [0.25, 0.3) is 0 Å². The first-order chi connectivity index (χ1) is 9.04. The molecule has 2 N–H and O–H groups in total. The average molecular weight is 266 g/mol. The van der Waals surface area contributed by atoms with Gasteiger partial charge in [0, 0.05) is 19.6 Å². The number of anilines is 1. The summed E-state index contributed by atoms with van der Waals surface area (Å²) >= 11 is 0. The van der Waals surface area contributed by atoms with Crippen LogP contribution in [0.5, 0.6) is 5.88 Å². The van der Waals surface area contributed by atoms with E-state index < -0.39 is 0 Å². The predicted octanol–water partition coefficient (Wildman–Crippen LogP) is 2.08. The topological polar surface area (TPSA) is 64.3 Å². The molecule has 1 unspecified atom stereocenters. The second-order valence-electron chi connectivity index (χ2n) is 5.18. The summed E-state index contributed by atoms with van der Waals surface area (Å²) in [6, 6.07) is 0.218.